The lowest BCUT2D eigenvalue weighted by atomic mass is 10.0. The van der Waals surface area contributed by atoms with E-state index in [1.807, 2.05) is 12.4 Å². The first-order chi connectivity index (χ1) is 8.93. The van der Waals surface area contributed by atoms with E-state index in [0.29, 0.717) is 12.0 Å². The zero-order valence-electron chi connectivity index (χ0n) is 12.9. The highest BCUT2D eigenvalue weighted by atomic mass is 15.2. The first-order valence-electron chi connectivity index (χ1n) is 7.23. The molecule has 0 aromatic carbocycles. The maximum atomic E-state index is 5.94. The maximum absolute atomic E-state index is 5.94. The van der Waals surface area contributed by atoms with E-state index in [2.05, 4.69) is 49.6 Å². The summed E-state index contributed by atoms with van der Waals surface area (Å²) < 4.78 is 0. The van der Waals surface area contributed by atoms with Gasteiger partial charge in [-0.2, -0.15) is 0 Å². The fourth-order valence-corrected chi connectivity index (χ4v) is 2.12. The molecule has 2 atom stereocenters. The summed E-state index contributed by atoms with van der Waals surface area (Å²) in [6.07, 6.45) is 6.77. The Bertz CT molecular complexity index is 361. The van der Waals surface area contributed by atoms with Crippen molar-refractivity contribution in [3.05, 3.63) is 18.0 Å². The van der Waals surface area contributed by atoms with E-state index in [1.54, 1.807) is 0 Å². The number of nitrogens with zero attached hydrogens (tertiary/aromatic N) is 3. The Morgan fingerprint density at radius 2 is 1.79 bits per heavy atom. The van der Waals surface area contributed by atoms with Gasteiger partial charge >= 0.3 is 0 Å². The van der Waals surface area contributed by atoms with E-state index in [0.717, 1.165) is 30.8 Å². The zero-order valence-corrected chi connectivity index (χ0v) is 12.9. The summed E-state index contributed by atoms with van der Waals surface area (Å²) in [4.78, 5) is 11.0. The third kappa shape index (κ3) is 5.15. The number of anilines is 1. The first kappa shape index (κ1) is 15.9. The minimum Gasteiger partial charge on any atom is -0.341 e. The largest absolute Gasteiger partial charge is 0.341 e. The molecule has 0 saturated heterocycles. The molecule has 0 fully saturated rings. The quantitative estimate of drug-likeness (QED) is 0.822. The van der Waals surface area contributed by atoms with E-state index in [1.165, 1.54) is 0 Å². The first-order valence-corrected chi connectivity index (χ1v) is 7.23. The average molecular weight is 264 g/mol. The molecule has 0 spiro atoms. The maximum Gasteiger partial charge on any atom is 0.225 e. The molecule has 0 amide bonds. The monoisotopic (exact) mass is 264 g/mol. The minimum atomic E-state index is 0.201. The Balaban J connectivity index is 2.64. The normalized spacial score (nSPS) is 14.5. The van der Waals surface area contributed by atoms with Crippen LogP contribution in [0.25, 0.3) is 0 Å². The van der Waals surface area contributed by atoms with Crippen LogP contribution in [0.3, 0.4) is 0 Å². The standard InChI is InChI=1S/C15H28N4/c1-6-14(16)8-13-9-17-15(18-10-13)19(5)12(4)7-11(2)3/h9-12,14H,6-8,16H2,1-5H3. The summed E-state index contributed by atoms with van der Waals surface area (Å²) in [6, 6.07) is 0.649. The molecule has 0 aliphatic rings. The second-order valence-electron chi connectivity index (χ2n) is 5.85. The lowest BCUT2D eigenvalue weighted by molar-refractivity contribution is 0.499. The van der Waals surface area contributed by atoms with E-state index in [4.69, 9.17) is 5.73 Å². The van der Waals surface area contributed by atoms with Crippen molar-refractivity contribution in [3.8, 4) is 0 Å². The van der Waals surface area contributed by atoms with Crippen molar-refractivity contribution in [2.24, 2.45) is 11.7 Å². The topological polar surface area (TPSA) is 55.0 Å². The van der Waals surface area contributed by atoms with E-state index >= 15 is 0 Å². The molecule has 1 heterocycles. The van der Waals surface area contributed by atoms with Gasteiger partial charge in [0.25, 0.3) is 0 Å². The van der Waals surface area contributed by atoms with Crippen molar-refractivity contribution >= 4 is 5.95 Å². The van der Waals surface area contributed by atoms with Crippen molar-refractivity contribution in [2.75, 3.05) is 11.9 Å². The van der Waals surface area contributed by atoms with Crippen LogP contribution >= 0.6 is 0 Å². The smallest absolute Gasteiger partial charge is 0.225 e. The van der Waals surface area contributed by atoms with Crippen LogP contribution in [0, 0.1) is 5.92 Å². The molecule has 1 aromatic rings. The Morgan fingerprint density at radius 3 is 2.26 bits per heavy atom. The van der Waals surface area contributed by atoms with Crippen LogP contribution in [0.15, 0.2) is 12.4 Å². The summed E-state index contributed by atoms with van der Waals surface area (Å²) in [7, 11) is 2.06. The van der Waals surface area contributed by atoms with Gasteiger partial charge < -0.3 is 10.6 Å². The molecule has 0 radical (unpaired) electrons. The molecular weight excluding hydrogens is 236 g/mol. The molecule has 19 heavy (non-hydrogen) atoms. The van der Waals surface area contributed by atoms with Gasteiger partial charge in [-0.05, 0) is 37.7 Å². The fraction of sp³-hybridized carbons (Fsp3) is 0.733. The molecule has 0 bridgehead atoms. The number of rotatable bonds is 7. The van der Waals surface area contributed by atoms with Gasteiger partial charge in [-0.3, -0.25) is 0 Å². The number of hydrogen-bond donors (Lipinski definition) is 1. The summed E-state index contributed by atoms with van der Waals surface area (Å²) in [5.74, 6) is 1.47. The highest BCUT2D eigenvalue weighted by Crippen LogP contribution is 2.15. The number of nitrogens with two attached hydrogens (primary N) is 1. The molecule has 1 aromatic heterocycles. The molecule has 1 rings (SSSR count). The van der Waals surface area contributed by atoms with Crippen LogP contribution in [0.4, 0.5) is 5.95 Å². The van der Waals surface area contributed by atoms with Crippen molar-refractivity contribution in [3.63, 3.8) is 0 Å². The third-order valence-electron chi connectivity index (χ3n) is 3.50. The number of aromatic nitrogens is 2. The third-order valence-corrected chi connectivity index (χ3v) is 3.50. The Morgan fingerprint density at radius 1 is 1.21 bits per heavy atom. The Kier molecular flexibility index (Phi) is 6.22. The Labute approximate surface area is 117 Å². The Hall–Kier alpha value is -1.16. The van der Waals surface area contributed by atoms with Crippen LogP contribution in [0.2, 0.25) is 0 Å². The van der Waals surface area contributed by atoms with E-state index in [-0.39, 0.29) is 6.04 Å². The molecule has 2 N–H and O–H groups in total. The molecular formula is C15H28N4. The van der Waals surface area contributed by atoms with Gasteiger partial charge in [-0.25, -0.2) is 9.97 Å². The fourth-order valence-electron chi connectivity index (χ4n) is 2.12. The van der Waals surface area contributed by atoms with E-state index in [9.17, 15) is 0 Å². The summed E-state index contributed by atoms with van der Waals surface area (Å²) >= 11 is 0. The van der Waals surface area contributed by atoms with Crippen molar-refractivity contribution < 1.29 is 0 Å². The van der Waals surface area contributed by atoms with Gasteiger partial charge in [-0.15, -0.1) is 0 Å². The second kappa shape index (κ2) is 7.43. The highest BCUT2D eigenvalue weighted by Gasteiger charge is 2.14. The average Bonchev–Trinajstić information content (AvgIpc) is 2.37. The van der Waals surface area contributed by atoms with Crippen LogP contribution in [-0.4, -0.2) is 29.1 Å². The van der Waals surface area contributed by atoms with Crippen LogP contribution in [0.1, 0.15) is 46.1 Å². The molecule has 108 valence electrons. The second-order valence-corrected chi connectivity index (χ2v) is 5.85. The molecule has 0 aliphatic carbocycles. The van der Waals surface area contributed by atoms with Crippen molar-refractivity contribution in [1.29, 1.82) is 0 Å². The van der Waals surface area contributed by atoms with E-state index < -0.39 is 0 Å². The van der Waals surface area contributed by atoms with Crippen molar-refractivity contribution in [2.45, 2.75) is 59.0 Å². The van der Waals surface area contributed by atoms with Gasteiger partial charge in [0.15, 0.2) is 0 Å². The predicted octanol–water partition coefficient (Wildman–Crippen LogP) is 2.63. The molecule has 4 nitrogen and oxygen atoms in total. The lowest BCUT2D eigenvalue weighted by Gasteiger charge is -2.26. The van der Waals surface area contributed by atoms with Gasteiger partial charge in [-0.1, -0.05) is 20.8 Å². The van der Waals surface area contributed by atoms with Crippen LogP contribution in [0.5, 0.6) is 0 Å². The lowest BCUT2D eigenvalue weighted by Crippen LogP contribution is -2.31. The predicted molar refractivity (Wildman–Crippen MR) is 81.3 cm³/mol. The molecule has 2 unspecified atom stereocenters. The van der Waals surface area contributed by atoms with Gasteiger partial charge in [0.05, 0.1) is 0 Å². The highest BCUT2D eigenvalue weighted by molar-refractivity contribution is 5.30. The molecule has 4 heteroatoms. The summed E-state index contributed by atoms with van der Waals surface area (Å²) in [6.45, 7) is 8.78. The minimum absolute atomic E-state index is 0.201. The van der Waals surface area contributed by atoms with Gasteiger partial charge in [0.1, 0.15) is 0 Å². The molecule has 0 saturated carbocycles. The summed E-state index contributed by atoms with van der Waals surface area (Å²) in [5, 5.41) is 0. The summed E-state index contributed by atoms with van der Waals surface area (Å²) in [5.41, 5.74) is 7.05. The van der Waals surface area contributed by atoms with Crippen LogP contribution < -0.4 is 10.6 Å². The zero-order chi connectivity index (χ0) is 14.4. The van der Waals surface area contributed by atoms with Crippen LogP contribution in [-0.2, 0) is 6.42 Å². The van der Waals surface area contributed by atoms with Crippen molar-refractivity contribution in [1.82, 2.24) is 9.97 Å². The number of hydrogen-bond acceptors (Lipinski definition) is 4. The molecule has 0 aliphatic heterocycles. The van der Waals surface area contributed by atoms with Gasteiger partial charge in [0, 0.05) is 31.5 Å². The van der Waals surface area contributed by atoms with Gasteiger partial charge in [0.2, 0.25) is 5.95 Å². The SMILES string of the molecule is CCC(N)Cc1cnc(N(C)C(C)CC(C)C)nc1.